The minimum atomic E-state index is -0.525. The van der Waals surface area contributed by atoms with E-state index < -0.39 is 5.97 Å². The second kappa shape index (κ2) is 3.51. The number of methoxy groups -OCH3 is 1. The van der Waals surface area contributed by atoms with Gasteiger partial charge in [-0.1, -0.05) is 11.6 Å². The number of carbonyl (C=O) groups excluding carboxylic acids is 1. The molecule has 0 aliphatic rings. The second-order valence-corrected chi connectivity index (χ2v) is 3.37. The van der Waals surface area contributed by atoms with Crippen LogP contribution in [0.4, 0.5) is 0 Å². The highest BCUT2D eigenvalue weighted by atomic mass is 35.5. The molecule has 0 aliphatic heterocycles. The molecule has 0 spiro atoms. The van der Waals surface area contributed by atoms with Crippen LogP contribution in [0.3, 0.4) is 0 Å². The number of esters is 1. The monoisotopic (exact) mass is 225 g/mol. The summed E-state index contributed by atoms with van der Waals surface area (Å²) in [5, 5.41) is 4.31. The van der Waals surface area contributed by atoms with Crippen LogP contribution in [-0.4, -0.2) is 27.7 Å². The number of ether oxygens (including phenoxy) is 1. The third-order valence-corrected chi connectivity index (χ3v) is 2.32. The fourth-order valence-electron chi connectivity index (χ4n) is 1.27. The van der Waals surface area contributed by atoms with Gasteiger partial charge in [0.25, 0.3) is 0 Å². The molecule has 0 saturated carbocycles. The lowest BCUT2D eigenvalue weighted by Crippen LogP contribution is -2.06. The highest BCUT2D eigenvalue weighted by molar-refractivity contribution is 6.32. The molecular weight excluding hydrogens is 218 g/mol. The topological polar surface area (TPSA) is 56.5 Å². The van der Waals surface area contributed by atoms with E-state index in [1.54, 1.807) is 6.07 Å². The normalized spacial score (nSPS) is 10.6. The highest BCUT2D eigenvalue weighted by Gasteiger charge is 2.15. The summed E-state index contributed by atoms with van der Waals surface area (Å²) in [6, 6.07) is 1.77. The molecule has 2 aromatic heterocycles. The van der Waals surface area contributed by atoms with Crippen LogP contribution in [0.1, 0.15) is 16.1 Å². The first-order chi connectivity index (χ1) is 7.13. The molecule has 0 aliphatic carbocycles. The van der Waals surface area contributed by atoms with Crippen molar-refractivity contribution in [2.45, 2.75) is 6.92 Å². The van der Waals surface area contributed by atoms with Crippen LogP contribution in [0.2, 0.25) is 5.15 Å². The van der Waals surface area contributed by atoms with Gasteiger partial charge in [-0.2, -0.15) is 5.10 Å². The molecule has 15 heavy (non-hydrogen) atoms. The molecule has 2 rings (SSSR count). The SMILES string of the molecule is COC(=O)c1cnc2cc(C)nn2c1Cl. The van der Waals surface area contributed by atoms with E-state index >= 15 is 0 Å². The van der Waals surface area contributed by atoms with Crippen LogP contribution in [0, 0.1) is 6.92 Å². The Hall–Kier alpha value is -1.62. The number of hydrogen-bond donors (Lipinski definition) is 0. The van der Waals surface area contributed by atoms with E-state index in [1.807, 2.05) is 6.92 Å². The predicted molar refractivity (Wildman–Crippen MR) is 54.1 cm³/mol. The third-order valence-electron chi connectivity index (χ3n) is 1.95. The zero-order valence-electron chi connectivity index (χ0n) is 8.19. The number of halogens is 1. The molecule has 0 amide bonds. The summed E-state index contributed by atoms with van der Waals surface area (Å²) in [5.41, 5.74) is 1.59. The van der Waals surface area contributed by atoms with Gasteiger partial charge < -0.3 is 4.74 Å². The van der Waals surface area contributed by atoms with Crippen LogP contribution < -0.4 is 0 Å². The average molecular weight is 226 g/mol. The second-order valence-electron chi connectivity index (χ2n) is 3.01. The van der Waals surface area contributed by atoms with Crippen molar-refractivity contribution in [1.82, 2.24) is 14.6 Å². The van der Waals surface area contributed by atoms with Gasteiger partial charge in [0, 0.05) is 12.3 Å². The standard InChI is InChI=1S/C9H8ClN3O2/c1-5-3-7-11-4-6(9(14)15-2)8(10)13(7)12-5/h3-4H,1-2H3. The smallest absolute Gasteiger partial charge is 0.342 e. The van der Waals surface area contributed by atoms with Crippen molar-refractivity contribution in [1.29, 1.82) is 0 Å². The van der Waals surface area contributed by atoms with Crippen LogP contribution in [0.5, 0.6) is 0 Å². The van der Waals surface area contributed by atoms with Crippen molar-refractivity contribution >= 4 is 23.2 Å². The van der Waals surface area contributed by atoms with Gasteiger partial charge in [-0.05, 0) is 6.92 Å². The van der Waals surface area contributed by atoms with Crippen LogP contribution >= 0.6 is 11.6 Å². The number of aryl methyl sites for hydroxylation is 1. The number of carbonyl (C=O) groups is 1. The Labute approximate surface area is 90.6 Å². The molecule has 0 radical (unpaired) electrons. The van der Waals surface area contributed by atoms with Gasteiger partial charge >= 0.3 is 5.97 Å². The first kappa shape index (κ1) is 9.92. The number of aromatic nitrogens is 3. The van der Waals surface area contributed by atoms with Gasteiger partial charge in [-0.3, -0.25) is 0 Å². The van der Waals surface area contributed by atoms with Gasteiger partial charge in [-0.25, -0.2) is 14.3 Å². The number of hydrogen-bond acceptors (Lipinski definition) is 4. The molecule has 5 nitrogen and oxygen atoms in total. The predicted octanol–water partition coefficient (Wildman–Crippen LogP) is 1.48. The molecule has 0 unspecified atom stereocenters. The van der Waals surface area contributed by atoms with Gasteiger partial charge in [0.1, 0.15) is 10.7 Å². The Morgan fingerprint density at radius 2 is 2.33 bits per heavy atom. The van der Waals surface area contributed by atoms with E-state index in [4.69, 9.17) is 11.6 Å². The summed E-state index contributed by atoms with van der Waals surface area (Å²) in [6.07, 6.45) is 1.38. The van der Waals surface area contributed by atoms with E-state index in [-0.39, 0.29) is 10.7 Å². The maximum Gasteiger partial charge on any atom is 0.342 e. The highest BCUT2D eigenvalue weighted by Crippen LogP contribution is 2.17. The van der Waals surface area contributed by atoms with Crippen molar-refractivity contribution in [2.24, 2.45) is 0 Å². The largest absolute Gasteiger partial charge is 0.465 e. The van der Waals surface area contributed by atoms with E-state index in [0.717, 1.165) is 5.69 Å². The molecule has 0 saturated heterocycles. The summed E-state index contributed by atoms with van der Waals surface area (Å²) < 4.78 is 5.97. The lowest BCUT2D eigenvalue weighted by atomic mass is 10.3. The minimum Gasteiger partial charge on any atom is -0.465 e. The summed E-state index contributed by atoms with van der Waals surface area (Å²) in [4.78, 5) is 15.3. The Morgan fingerprint density at radius 3 is 3.00 bits per heavy atom. The van der Waals surface area contributed by atoms with Gasteiger partial charge in [0.15, 0.2) is 5.65 Å². The Balaban J connectivity index is 2.69. The number of rotatable bonds is 1. The molecular formula is C9H8ClN3O2. The van der Waals surface area contributed by atoms with E-state index in [0.29, 0.717) is 5.65 Å². The van der Waals surface area contributed by atoms with E-state index in [2.05, 4.69) is 14.8 Å². The Bertz CT molecular complexity index is 535. The van der Waals surface area contributed by atoms with Crippen molar-refractivity contribution in [2.75, 3.05) is 7.11 Å². The van der Waals surface area contributed by atoms with Gasteiger partial charge in [0.2, 0.25) is 0 Å². The third kappa shape index (κ3) is 1.55. The first-order valence-electron chi connectivity index (χ1n) is 4.22. The summed E-state index contributed by atoms with van der Waals surface area (Å²) >= 11 is 5.99. The van der Waals surface area contributed by atoms with Gasteiger partial charge in [-0.15, -0.1) is 0 Å². The summed E-state index contributed by atoms with van der Waals surface area (Å²) in [5.74, 6) is -0.525. The van der Waals surface area contributed by atoms with E-state index in [9.17, 15) is 4.79 Å². The molecule has 2 aromatic rings. The molecule has 6 heteroatoms. The van der Waals surface area contributed by atoms with Crippen molar-refractivity contribution in [3.8, 4) is 0 Å². The zero-order valence-corrected chi connectivity index (χ0v) is 8.95. The summed E-state index contributed by atoms with van der Waals surface area (Å²) in [7, 11) is 1.29. The summed E-state index contributed by atoms with van der Waals surface area (Å²) in [6.45, 7) is 1.82. The fourth-order valence-corrected chi connectivity index (χ4v) is 1.52. The Morgan fingerprint density at radius 1 is 1.60 bits per heavy atom. The quantitative estimate of drug-likeness (QED) is 0.545. The lowest BCUT2D eigenvalue weighted by Gasteiger charge is -2.02. The van der Waals surface area contributed by atoms with Crippen LogP contribution in [0.15, 0.2) is 12.3 Å². The molecule has 78 valence electrons. The van der Waals surface area contributed by atoms with Gasteiger partial charge in [0.05, 0.1) is 12.8 Å². The van der Waals surface area contributed by atoms with E-state index in [1.165, 1.54) is 17.8 Å². The van der Waals surface area contributed by atoms with Crippen molar-refractivity contribution in [3.05, 3.63) is 28.7 Å². The minimum absolute atomic E-state index is 0.203. The van der Waals surface area contributed by atoms with Crippen molar-refractivity contribution < 1.29 is 9.53 Å². The maximum absolute atomic E-state index is 11.3. The van der Waals surface area contributed by atoms with Crippen LogP contribution in [-0.2, 0) is 4.74 Å². The molecule has 0 bridgehead atoms. The molecule has 0 atom stereocenters. The number of fused-ring (bicyclic) bond motifs is 1. The fraction of sp³-hybridized carbons (Fsp3) is 0.222. The molecule has 0 fully saturated rings. The zero-order chi connectivity index (χ0) is 11.0. The number of nitrogens with zero attached hydrogens (tertiary/aromatic N) is 3. The lowest BCUT2D eigenvalue weighted by molar-refractivity contribution is 0.0600. The maximum atomic E-state index is 11.3. The Kier molecular flexibility index (Phi) is 2.32. The average Bonchev–Trinajstić information content (AvgIpc) is 2.59. The molecule has 0 N–H and O–H groups in total. The first-order valence-corrected chi connectivity index (χ1v) is 4.60. The molecule has 2 heterocycles. The van der Waals surface area contributed by atoms with Crippen LogP contribution in [0.25, 0.3) is 5.65 Å². The molecule has 0 aromatic carbocycles. The van der Waals surface area contributed by atoms with Crippen molar-refractivity contribution in [3.63, 3.8) is 0 Å².